The number of fused-ring (bicyclic) bond motifs is 1. The van der Waals surface area contributed by atoms with Crippen molar-refractivity contribution < 1.29 is 45.5 Å². The number of hydrogen-bond donors (Lipinski definition) is 1. The lowest BCUT2D eigenvalue weighted by atomic mass is 10.0. The molecule has 0 aliphatic carbocycles. The summed E-state index contributed by atoms with van der Waals surface area (Å²) >= 11 is 13.6. The van der Waals surface area contributed by atoms with Crippen LogP contribution in [0, 0.1) is 10.1 Å². The molecule has 3 aromatic heterocycles. The van der Waals surface area contributed by atoms with Gasteiger partial charge in [-0.1, -0.05) is 23.2 Å². The lowest BCUT2D eigenvalue weighted by Crippen LogP contribution is -3.00. The smallest absolute Gasteiger partial charge is 0.390 e. The normalized spacial score (nSPS) is 14.8. The van der Waals surface area contributed by atoms with E-state index in [1.54, 1.807) is 52.0 Å². The van der Waals surface area contributed by atoms with Gasteiger partial charge >= 0.3 is 11.8 Å². The number of anilines is 4. The van der Waals surface area contributed by atoms with Crippen LogP contribution in [0.1, 0.15) is 24.1 Å². The van der Waals surface area contributed by atoms with Crippen molar-refractivity contribution in [3.63, 3.8) is 0 Å². The number of likely N-dealkylation sites (tertiary alicyclic amines) is 1. The molecule has 1 N–H and O–H groups in total. The zero-order valence-electron chi connectivity index (χ0n) is 30.6. The first-order chi connectivity index (χ1) is 25.8. The second-order valence-corrected chi connectivity index (χ2v) is 14.1. The fourth-order valence-electron chi connectivity index (χ4n) is 6.47. The number of nitro groups is 1. The summed E-state index contributed by atoms with van der Waals surface area (Å²) in [6, 6.07) is 2.44. The van der Waals surface area contributed by atoms with Crippen molar-refractivity contribution in [2.45, 2.75) is 32.0 Å². The predicted octanol–water partition coefficient (Wildman–Crippen LogP) is 1.75. The van der Waals surface area contributed by atoms with E-state index in [1.165, 1.54) is 37.9 Å². The van der Waals surface area contributed by atoms with E-state index in [1.807, 2.05) is 14.1 Å². The van der Waals surface area contributed by atoms with E-state index in [2.05, 4.69) is 25.3 Å². The van der Waals surface area contributed by atoms with Crippen LogP contribution < -0.4 is 41.6 Å². The van der Waals surface area contributed by atoms with Crippen LogP contribution in [0.4, 0.5) is 33.9 Å². The zero-order valence-corrected chi connectivity index (χ0v) is 33.7. The lowest BCUT2D eigenvalue weighted by Gasteiger charge is -2.43. The largest absolute Gasteiger partial charge is 1.00 e. The summed E-state index contributed by atoms with van der Waals surface area (Å²) in [6.07, 6.45) is 10.2. The molecule has 18 nitrogen and oxygen atoms in total. The second-order valence-electron chi connectivity index (χ2n) is 13.4. The van der Waals surface area contributed by atoms with Crippen molar-refractivity contribution in [3.8, 4) is 11.5 Å². The summed E-state index contributed by atoms with van der Waals surface area (Å²) in [6.45, 7) is 1.60. The number of amides is 3. The van der Waals surface area contributed by atoms with Gasteiger partial charge < -0.3 is 55.8 Å². The van der Waals surface area contributed by atoms with E-state index in [0.29, 0.717) is 66.4 Å². The van der Waals surface area contributed by atoms with Crippen LogP contribution in [0.2, 0.25) is 10.0 Å². The summed E-state index contributed by atoms with van der Waals surface area (Å²) in [5.41, 5.74) is 1.35. The number of imidazole rings is 1. The molecular weight excluding hydrogens is 823 g/mol. The molecule has 55 heavy (non-hydrogen) atoms. The predicted molar refractivity (Wildman–Crippen MR) is 200 cm³/mol. The molecule has 0 atom stereocenters. The molecule has 3 amide bonds. The van der Waals surface area contributed by atoms with E-state index < -0.39 is 11.0 Å². The Morgan fingerprint density at radius 3 is 2.44 bits per heavy atom. The Hall–Kier alpha value is -5.11. The Balaban J connectivity index is 0.00000580. The molecule has 0 radical (unpaired) electrons. The monoisotopic (exact) mass is 860 g/mol. The van der Waals surface area contributed by atoms with Crippen molar-refractivity contribution in [1.82, 2.24) is 34.4 Å². The van der Waals surface area contributed by atoms with Crippen molar-refractivity contribution in [1.29, 1.82) is 0 Å². The average molecular weight is 863 g/mol. The van der Waals surface area contributed by atoms with E-state index in [4.69, 9.17) is 37.7 Å². The number of quaternary nitrogens is 1. The highest BCUT2D eigenvalue weighted by Gasteiger charge is 2.41. The molecule has 1 aromatic carbocycles. The third kappa shape index (κ3) is 8.74. The van der Waals surface area contributed by atoms with Gasteiger partial charge in [0.25, 0.3) is 0 Å². The summed E-state index contributed by atoms with van der Waals surface area (Å²) < 4.78 is 13.0. The molecule has 4 aromatic rings. The number of carbonyl (C=O) groups excluding carboxylic acids is 2. The van der Waals surface area contributed by atoms with Crippen LogP contribution in [0.3, 0.4) is 0 Å². The first-order valence-electron chi connectivity index (χ1n) is 16.8. The minimum absolute atomic E-state index is 0. The number of aromatic nitrogens is 6. The third-order valence-electron chi connectivity index (χ3n) is 9.27. The topological polar surface area (TPSA) is 187 Å². The standard InChI is InChI=1S/C34H39Cl2N12O6.BrH/c1-43-20-40-32(47(51)52)23(43)18-48(2,3)14-6-7-27(49)44-12-9-22(10-13-44)46-31-21(16-38-33(42-31)41-26-8-11-37-19-39-26)17-45(34(46)50)30-28(35)24(53-4)15-25(54-5)29(30)36;/h6-8,11,15-16,19-20,22H,9-10,12-14,17-18H2,1-5H3,(H,37,38,39,41,42);1H/q+1;/p-1/b7-6+;. The quantitative estimate of drug-likeness (QED) is 0.0944. The summed E-state index contributed by atoms with van der Waals surface area (Å²) in [5, 5.41) is 14.8. The van der Waals surface area contributed by atoms with Gasteiger partial charge in [0.2, 0.25) is 18.2 Å². The van der Waals surface area contributed by atoms with Crippen LogP contribution in [0.15, 0.2) is 49.3 Å². The van der Waals surface area contributed by atoms with Gasteiger partial charge in [0.1, 0.15) is 46.1 Å². The number of rotatable bonds is 12. The molecule has 0 bridgehead atoms. The van der Waals surface area contributed by atoms with Crippen LogP contribution in [0.25, 0.3) is 0 Å². The van der Waals surface area contributed by atoms with Crippen molar-refractivity contribution in [3.05, 3.63) is 80.8 Å². The minimum atomic E-state index is -0.491. The van der Waals surface area contributed by atoms with Gasteiger partial charge in [-0.3, -0.25) is 14.6 Å². The van der Waals surface area contributed by atoms with Gasteiger partial charge in [-0.25, -0.2) is 19.7 Å². The van der Waals surface area contributed by atoms with E-state index in [0.717, 1.165) is 0 Å². The lowest BCUT2D eigenvalue weighted by molar-refractivity contribution is -0.898. The van der Waals surface area contributed by atoms with Crippen molar-refractivity contribution in [2.24, 2.45) is 7.05 Å². The second kappa shape index (κ2) is 17.1. The summed E-state index contributed by atoms with van der Waals surface area (Å²) in [5.74, 6) is 1.32. The van der Waals surface area contributed by atoms with Crippen molar-refractivity contribution >= 4 is 64.2 Å². The van der Waals surface area contributed by atoms with Crippen LogP contribution in [-0.2, 0) is 24.9 Å². The number of halogens is 3. The van der Waals surface area contributed by atoms with Gasteiger partial charge in [-0.05, 0) is 34.9 Å². The number of aryl methyl sites for hydroxylation is 1. The number of piperidine rings is 1. The number of hydrogen-bond acceptors (Lipinski definition) is 12. The zero-order chi connectivity index (χ0) is 38.7. The number of ether oxygens (including phenoxy) is 2. The Kier molecular flexibility index (Phi) is 12.8. The molecule has 6 rings (SSSR count). The van der Waals surface area contributed by atoms with Gasteiger partial charge in [0.05, 0.1) is 47.1 Å². The molecule has 292 valence electrons. The maximum Gasteiger partial charge on any atom is 0.390 e. The minimum Gasteiger partial charge on any atom is -1.00 e. The highest BCUT2D eigenvalue weighted by atomic mass is 79.9. The first kappa shape index (κ1) is 41.1. The van der Waals surface area contributed by atoms with Gasteiger partial charge in [-0.2, -0.15) is 4.98 Å². The Bertz CT molecular complexity index is 2070. The molecule has 0 spiro atoms. The van der Waals surface area contributed by atoms with E-state index >= 15 is 0 Å². The van der Waals surface area contributed by atoms with E-state index in [-0.39, 0.29) is 74.5 Å². The maximum atomic E-state index is 14.6. The number of nitrogens with zero attached hydrogens (tertiary/aromatic N) is 11. The molecule has 1 saturated heterocycles. The molecule has 2 aliphatic heterocycles. The highest BCUT2D eigenvalue weighted by molar-refractivity contribution is 6.42. The Labute approximate surface area is 337 Å². The van der Waals surface area contributed by atoms with Gasteiger partial charge in [-0.15, -0.1) is 0 Å². The van der Waals surface area contributed by atoms with Crippen LogP contribution in [0.5, 0.6) is 11.5 Å². The molecule has 0 saturated carbocycles. The number of methoxy groups -OCH3 is 2. The molecule has 1 fully saturated rings. The van der Waals surface area contributed by atoms with E-state index in [9.17, 15) is 19.7 Å². The Morgan fingerprint density at radius 1 is 1.13 bits per heavy atom. The number of nitrogens with one attached hydrogen (secondary N) is 1. The van der Waals surface area contributed by atoms with Crippen LogP contribution >= 0.6 is 23.2 Å². The number of urea groups is 1. The van der Waals surface area contributed by atoms with Crippen molar-refractivity contribution in [2.75, 3.05) is 63.1 Å². The molecule has 21 heteroatoms. The number of carbonyl (C=O) groups is 2. The number of likely N-dealkylation sites (N-methyl/N-ethyl adjacent to an activating group) is 1. The number of benzene rings is 1. The summed E-state index contributed by atoms with van der Waals surface area (Å²) in [7, 11) is 8.48. The fourth-order valence-corrected chi connectivity index (χ4v) is 7.17. The molecular formula is C34H39BrCl2N12O6. The fraction of sp³-hybridized carbons (Fsp3) is 0.382. The van der Waals surface area contributed by atoms with Gasteiger partial charge in [0.15, 0.2) is 5.69 Å². The first-order valence-corrected chi connectivity index (χ1v) is 17.6. The van der Waals surface area contributed by atoms with Crippen LogP contribution in [-0.4, -0.2) is 110 Å². The molecule has 0 unspecified atom stereocenters. The average Bonchev–Trinajstić information content (AvgIpc) is 3.51. The highest BCUT2D eigenvalue weighted by Crippen LogP contribution is 2.48. The molecule has 2 aliphatic rings. The third-order valence-corrected chi connectivity index (χ3v) is 10.00. The maximum absolute atomic E-state index is 14.6. The molecule has 5 heterocycles. The Morgan fingerprint density at radius 2 is 1.82 bits per heavy atom. The summed E-state index contributed by atoms with van der Waals surface area (Å²) in [4.78, 5) is 65.0. The SMILES string of the molecule is COc1cc(OC)c(Cl)c(N2Cc3cnc(Nc4ccncn4)nc3N(C3CCN(C(=O)/C=C/C[N+](C)(C)Cc4c([N+](=O)[O-])ncn4C)CC3)C2=O)c1Cl.[Br-]. The van der Waals surface area contributed by atoms with Gasteiger partial charge in [0, 0.05) is 56.3 Å².